The summed E-state index contributed by atoms with van der Waals surface area (Å²) in [6.45, 7) is 5.67. The summed E-state index contributed by atoms with van der Waals surface area (Å²) >= 11 is 0. The van der Waals surface area contributed by atoms with Crippen LogP contribution in [0.3, 0.4) is 0 Å². The number of nitrogens with zero attached hydrogens (tertiary/aromatic N) is 2. The van der Waals surface area contributed by atoms with Gasteiger partial charge in [0.25, 0.3) is 0 Å². The van der Waals surface area contributed by atoms with Crippen molar-refractivity contribution in [2.24, 2.45) is 0 Å². The molecule has 7 heteroatoms. The minimum atomic E-state index is -2.26. The second kappa shape index (κ2) is 10.5. The van der Waals surface area contributed by atoms with Gasteiger partial charge in [-0.1, -0.05) is 31.4 Å². The summed E-state index contributed by atoms with van der Waals surface area (Å²) in [5.41, 5.74) is 5.05. The highest BCUT2D eigenvalue weighted by atomic mass is 28.3. The standard InChI is InChI=1S/C42H48N2O4Si/c1-41(2,3)47-39(45)26-7-18-33-36(23-26)42(48-40(33)46)34-19-16-31(43-27-8-9-28(43)11-10-27)24-37(34)49(21-5-4-6-22-49)38-25-32(17-20-35(38)42)44-29-12-13-30(44)15-14-29/h7,16-20,23-25,27-30H,4-6,8-15,21-22H2,1-3H3. The van der Waals surface area contributed by atoms with E-state index in [4.69, 9.17) is 9.47 Å². The van der Waals surface area contributed by atoms with Gasteiger partial charge in [-0.3, -0.25) is 0 Å². The number of hydrogen-bond acceptors (Lipinski definition) is 6. The Bertz CT molecular complexity index is 1790. The molecule has 10 rings (SSSR count). The smallest absolute Gasteiger partial charge is 0.340 e. The van der Waals surface area contributed by atoms with Crippen molar-refractivity contribution in [1.29, 1.82) is 0 Å². The Labute approximate surface area is 291 Å². The van der Waals surface area contributed by atoms with Gasteiger partial charge in [-0.2, -0.15) is 0 Å². The molecule has 4 bridgehead atoms. The lowest BCUT2D eigenvalue weighted by Gasteiger charge is -2.49. The Morgan fingerprint density at radius 1 is 0.714 bits per heavy atom. The van der Waals surface area contributed by atoms with Crippen LogP contribution in [0.15, 0.2) is 54.6 Å². The summed E-state index contributed by atoms with van der Waals surface area (Å²) < 4.78 is 12.7. The number of esters is 2. The van der Waals surface area contributed by atoms with Crippen molar-refractivity contribution < 1.29 is 19.1 Å². The van der Waals surface area contributed by atoms with Gasteiger partial charge >= 0.3 is 11.9 Å². The fourth-order valence-corrected chi connectivity index (χ4v) is 17.3. The first-order chi connectivity index (χ1) is 23.7. The molecule has 2 spiro atoms. The van der Waals surface area contributed by atoms with Crippen LogP contribution in [-0.2, 0) is 15.1 Å². The van der Waals surface area contributed by atoms with Crippen molar-refractivity contribution in [3.8, 4) is 0 Å². The average molecular weight is 673 g/mol. The van der Waals surface area contributed by atoms with Crippen LogP contribution < -0.4 is 20.2 Å². The minimum Gasteiger partial charge on any atom is -0.456 e. The number of fused-ring (bicyclic) bond motifs is 12. The van der Waals surface area contributed by atoms with Crippen LogP contribution in [0.25, 0.3) is 0 Å². The van der Waals surface area contributed by atoms with E-state index >= 15 is 0 Å². The van der Waals surface area contributed by atoms with Crippen LogP contribution in [0.4, 0.5) is 11.4 Å². The van der Waals surface area contributed by atoms with Gasteiger partial charge in [-0.05, 0) is 137 Å². The Morgan fingerprint density at radius 3 is 1.71 bits per heavy atom. The fraction of sp³-hybridized carbons (Fsp3) is 0.524. The third-order valence-corrected chi connectivity index (χ3v) is 18.8. The molecule has 49 heavy (non-hydrogen) atoms. The van der Waals surface area contributed by atoms with E-state index in [1.807, 2.05) is 26.8 Å². The zero-order valence-electron chi connectivity index (χ0n) is 29.2. The molecule has 7 aliphatic rings. The Hall–Kier alpha value is -3.58. The maximum Gasteiger partial charge on any atom is 0.340 e. The molecule has 0 amide bonds. The van der Waals surface area contributed by atoms with Gasteiger partial charge in [0.15, 0.2) is 5.60 Å². The molecule has 0 N–H and O–H groups in total. The third-order valence-electron chi connectivity index (χ3n) is 13.5. The highest BCUT2D eigenvalue weighted by molar-refractivity contribution is 7.03. The predicted molar refractivity (Wildman–Crippen MR) is 195 cm³/mol. The summed E-state index contributed by atoms with van der Waals surface area (Å²) in [4.78, 5) is 33.0. The Morgan fingerprint density at radius 2 is 1.22 bits per heavy atom. The van der Waals surface area contributed by atoms with Gasteiger partial charge in [0.1, 0.15) is 13.7 Å². The first-order valence-corrected chi connectivity index (χ1v) is 21.6. The van der Waals surface area contributed by atoms with Crippen molar-refractivity contribution in [1.82, 2.24) is 0 Å². The van der Waals surface area contributed by atoms with E-state index < -0.39 is 19.3 Å². The lowest BCUT2D eigenvalue weighted by Crippen LogP contribution is -2.67. The molecule has 254 valence electrons. The predicted octanol–water partition coefficient (Wildman–Crippen LogP) is 7.43. The van der Waals surface area contributed by atoms with E-state index in [0.29, 0.717) is 35.3 Å². The molecule has 5 fully saturated rings. The van der Waals surface area contributed by atoms with Crippen molar-refractivity contribution in [2.75, 3.05) is 9.80 Å². The van der Waals surface area contributed by atoms with Gasteiger partial charge in [0.2, 0.25) is 0 Å². The summed E-state index contributed by atoms with van der Waals surface area (Å²) in [5.74, 6) is -0.689. The molecule has 0 saturated carbocycles. The minimum absolute atomic E-state index is 0.313. The Balaban J connectivity index is 1.23. The monoisotopic (exact) mass is 672 g/mol. The topological polar surface area (TPSA) is 59.1 Å². The van der Waals surface area contributed by atoms with E-state index in [1.54, 1.807) is 12.1 Å². The van der Waals surface area contributed by atoms with Crippen LogP contribution in [0.5, 0.6) is 0 Å². The highest BCUT2D eigenvalue weighted by Gasteiger charge is 2.59. The molecule has 0 radical (unpaired) electrons. The van der Waals surface area contributed by atoms with Crippen LogP contribution in [-0.4, -0.2) is 49.8 Å². The van der Waals surface area contributed by atoms with Gasteiger partial charge in [0.05, 0.1) is 11.1 Å². The van der Waals surface area contributed by atoms with E-state index in [9.17, 15) is 9.59 Å². The van der Waals surface area contributed by atoms with Crippen molar-refractivity contribution in [3.05, 3.63) is 82.4 Å². The third kappa shape index (κ3) is 4.23. The number of hydrogen-bond donors (Lipinski definition) is 0. The summed E-state index contributed by atoms with van der Waals surface area (Å²) in [5, 5.41) is 2.93. The summed E-state index contributed by atoms with van der Waals surface area (Å²) in [7, 11) is -2.26. The molecule has 3 aromatic carbocycles. The van der Waals surface area contributed by atoms with Crippen LogP contribution in [0.1, 0.15) is 129 Å². The number of carbonyl (C=O) groups is 2. The molecule has 0 aliphatic carbocycles. The van der Waals surface area contributed by atoms with Gasteiger partial charge in [-0.25, -0.2) is 9.59 Å². The van der Waals surface area contributed by atoms with E-state index in [1.165, 1.54) is 104 Å². The van der Waals surface area contributed by atoms with Gasteiger partial charge in [-0.15, -0.1) is 0 Å². The largest absolute Gasteiger partial charge is 0.456 e. The fourth-order valence-electron chi connectivity index (χ4n) is 11.6. The molecule has 0 atom stereocenters. The zero-order chi connectivity index (χ0) is 33.3. The number of rotatable bonds is 3. The molecule has 5 saturated heterocycles. The van der Waals surface area contributed by atoms with Crippen LogP contribution in [0.2, 0.25) is 12.1 Å². The lowest BCUT2D eigenvalue weighted by molar-refractivity contribution is 0.00692. The van der Waals surface area contributed by atoms with Crippen molar-refractivity contribution in [3.63, 3.8) is 0 Å². The number of benzene rings is 3. The first kappa shape index (κ1) is 30.3. The maximum atomic E-state index is 14.0. The van der Waals surface area contributed by atoms with Crippen molar-refractivity contribution in [2.45, 2.75) is 139 Å². The Kier molecular flexibility index (Phi) is 6.47. The molecule has 7 heterocycles. The van der Waals surface area contributed by atoms with Crippen molar-refractivity contribution >= 4 is 41.8 Å². The molecule has 6 nitrogen and oxygen atoms in total. The molecule has 0 aromatic heterocycles. The molecular weight excluding hydrogens is 625 g/mol. The lowest BCUT2D eigenvalue weighted by atomic mass is 9.78. The van der Waals surface area contributed by atoms with E-state index in [0.717, 1.165) is 16.7 Å². The first-order valence-electron chi connectivity index (χ1n) is 19.1. The SMILES string of the molecule is CC(C)(C)OC(=O)c1ccc2c(c1)C1(OC2=O)c2ccc(N3C4CCC3CC4)cc2[Si]2(CCCCC2)c2cc(N3C4CCC3CC4)ccc21. The highest BCUT2D eigenvalue weighted by Crippen LogP contribution is 2.53. The second-order valence-electron chi connectivity index (χ2n) is 17.2. The maximum absolute atomic E-state index is 14.0. The van der Waals surface area contributed by atoms with E-state index in [2.05, 4.69) is 46.2 Å². The average Bonchev–Trinajstić information content (AvgIpc) is 3.94. The summed E-state index contributed by atoms with van der Waals surface area (Å²) in [6, 6.07) is 24.9. The molecule has 3 aromatic rings. The van der Waals surface area contributed by atoms with E-state index in [-0.39, 0.29) is 11.9 Å². The number of carbonyl (C=O) groups excluding carboxylic acids is 2. The number of anilines is 2. The van der Waals surface area contributed by atoms with Crippen LogP contribution in [0, 0.1) is 0 Å². The normalized spacial score (nSPS) is 30.1. The zero-order valence-corrected chi connectivity index (χ0v) is 30.2. The van der Waals surface area contributed by atoms with Gasteiger partial charge in [0, 0.05) is 52.2 Å². The molecule has 7 aliphatic heterocycles. The summed E-state index contributed by atoms with van der Waals surface area (Å²) in [6.07, 6.45) is 14.1. The quantitative estimate of drug-likeness (QED) is 0.213. The van der Waals surface area contributed by atoms with Crippen LogP contribution >= 0.6 is 0 Å². The molecular formula is C42H48N2O4Si. The second-order valence-corrected chi connectivity index (χ2v) is 21.4. The molecule has 0 unspecified atom stereocenters. The van der Waals surface area contributed by atoms with Gasteiger partial charge < -0.3 is 19.3 Å². The number of ether oxygens (including phenoxy) is 2.